The summed E-state index contributed by atoms with van der Waals surface area (Å²) in [4.78, 5) is 13.7. The molecule has 14 heavy (non-hydrogen) atoms. The first-order valence-electron chi connectivity index (χ1n) is 4.80. The predicted octanol–water partition coefficient (Wildman–Crippen LogP) is 1.34. The number of likely N-dealkylation sites (N-methyl/N-ethyl adjacent to an activating group) is 1. The zero-order valence-corrected chi connectivity index (χ0v) is 8.80. The Morgan fingerprint density at radius 2 is 2.43 bits per heavy atom. The molecule has 1 aliphatic carbocycles. The van der Waals surface area contributed by atoms with Gasteiger partial charge in [-0.15, -0.1) is 0 Å². The molecule has 2 heterocycles. The molecular weight excluding hydrogens is 196 g/mol. The molecule has 4 heteroatoms. The second-order valence-electron chi connectivity index (χ2n) is 4.10. The quantitative estimate of drug-likeness (QED) is 0.755. The molecule has 1 saturated carbocycles. The van der Waals surface area contributed by atoms with Gasteiger partial charge in [-0.05, 0) is 35.2 Å². The van der Waals surface area contributed by atoms with Crippen molar-refractivity contribution in [3.63, 3.8) is 0 Å². The van der Waals surface area contributed by atoms with Gasteiger partial charge in [0.15, 0.2) is 0 Å². The van der Waals surface area contributed by atoms with Gasteiger partial charge in [0.2, 0.25) is 5.91 Å². The average molecular weight is 208 g/mol. The van der Waals surface area contributed by atoms with Crippen LogP contribution in [0.3, 0.4) is 0 Å². The molecule has 2 fully saturated rings. The first kappa shape index (κ1) is 8.44. The van der Waals surface area contributed by atoms with Crippen molar-refractivity contribution in [3.8, 4) is 0 Å². The summed E-state index contributed by atoms with van der Waals surface area (Å²) in [6, 6.07) is 2.08. The lowest BCUT2D eigenvalue weighted by molar-refractivity contribution is -0.129. The van der Waals surface area contributed by atoms with E-state index in [4.69, 9.17) is 0 Å². The fraction of sp³-hybridized carbons (Fsp3) is 0.500. The van der Waals surface area contributed by atoms with E-state index in [1.54, 1.807) is 11.3 Å². The van der Waals surface area contributed by atoms with E-state index in [-0.39, 0.29) is 17.6 Å². The van der Waals surface area contributed by atoms with Gasteiger partial charge in [-0.1, -0.05) is 0 Å². The Labute approximate surface area is 86.7 Å². The number of nitrogens with one attached hydrogen (secondary N) is 1. The zero-order chi connectivity index (χ0) is 9.76. The van der Waals surface area contributed by atoms with Crippen LogP contribution in [0.1, 0.15) is 24.6 Å². The number of carbonyl (C=O) groups is 1. The molecule has 1 unspecified atom stereocenters. The molecule has 1 aromatic rings. The number of amides is 1. The fourth-order valence-electron chi connectivity index (χ4n) is 2.10. The van der Waals surface area contributed by atoms with E-state index in [0.717, 1.165) is 12.8 Å². The lowest BCUT2D eigenvalue weighted by atomic mass is 10.2. The Balaban J connectivity index is 1.93. The van der Waals surface area contributed by atoms with Crippen LogP contribution < -0.4 is 5.32 Å². The van der Waals surface area contributed by atoms with Crippen molar-refractivity contribution < 1.29 is 4.79 Å². The van der Waals surface area contributed by atoms with Crippen molar-refractivity contribution in [2.75, 3.05) is 7.05 Å². The van der Waals surface area contributed by atoms with E-state index in [9.17, 15) is 4.79 Å². The maximum atomic E-state index is 11.9. The molecule has 0 aromatic carbocycles. The van der Waals surface area contributed by atoms with Gasteiger partial charge >= 0.3 is 0 Å². The molecule has 2 aliphatic rings. The Morgan fingerprint density at radius 3 is 2.93 bits per heavy atom. The van der Waals surface area contributed by atoms with E-state index in [0.29, 0.717) is 0 Å². The van der Waals surface area contributed by atoms with Gasteiger partial charge in [0.05, 0.1) is 0 Å². The van der Waals surface area contributed by atoms with Crippen LogP contribution in [0.5, 0.6) is 0 Å². The van der Waals surface area contributed by atoms with Crippen LogP contribution in [0, 0.1) is 0 Å². The standard InChI is InChI=1S/C10H12N2OS/c1-12-8(7-2-5-14-6-7)11-10(3-4-10)9(12)13/h2,5-6,8,11H,3-4H2,1H3. The number of nitrogens with zero attached hydrogens (tertiary/aromatic N) is 1. The first-order chi connectivity index (χ1) is 6.73. The zero-order valence-electron chi connectivity index (χ0n) is 7.99. The summed E-state index contributed by atoms with van der Waals surface area (Å²) in [6.45, 7) is 0. The van der Waals surface area contributed by atoms with Gasteiger partial charge in [-0.2, -0.15) is 11.3 Å². The molecule has 0 bridgehead atoms. The van der Waals surface area contributed by atoms with Gasteiger partial charge in [-0.25, -0.2) is 0 Å². The molecule has 3 nitrogen and oxygen atoms in total. The highest BCUT2D eigenvalue weighted by molar-refractivity contribution is 7.07. The third-order valence-electron chi connectivity index (χ3n) is 3.14. The van der Waals surface area contributed by atoms with Crippen molar-refractivity contribution >= 4 is 17.2 Å². The molecular formula is C10H12N2OS. The van der Waals surface area contributed by atoms with Gasteiger partial charge in [0, 0.05) is 7.05 Å². The minimum Gasteiger partial charge on any atom is -0.324 e. The van der Waals surface area contributed by atoms with Crippen molar-refractivity contribution in [3.05, 3.63) is 22.4 Å². The maximum absolute atomic E-state index is 11.9. The second kappa shape index (κ2) is 2.58. The number of carbonyl (C=O) groups excluding carboxylic acids is 1. The molecule has 0 radical (unpaired) electrons. The van der Waals surface area contributed by atoms with Crippen LogP contribution in [-0.2, 0) is 4.79 Å². The lowest BCUT2D eigenvalue weighted by Crippen LogP contribution is -2.30. The first-order valence-corrected chi connectivity index (χ1v) is 5.74. The SMILES string of the molecule is CN1C(=O)C2(CC2)NC1c1ccsc1. The minimum absolute atomic E-state index is 0.0937. The molecule has 1 atom stereocenters. The van der Waals surface area contributed by atoms with Crippen molar-refractivity contribution in [2.45, 2.75) is 24.5 Å². The fourth-order valence-corrected chi connectivity index (χ4v) is 2.77. The smallest absolute Gasteiger partial charge is 0.244 e. The van der Waals surface area contributed by atoms with E-state index in [2.05, 4.69) is 16.8 Å². The van der Waals surface area contributed by atoms with E-state index in [1.807, 2.05) is 17.3 Å². The number of hydrogen-bond donors (Lipinski definition) is 1. The largest absolute Gasteiger partial charge is 0.324 e. The summed E-state index contributed by atoms with van der Waals surface area (Å²) >= 11 is 1.67. The Morgan fingerprint density at radius 1 is 1.64 bits per heavy atom. The van der Waals surface area contributed by atoms with Crippen LogP contribution in [0.4, 0.5) is 0 Å². The maximum Gasteiger partial charge on any atom is 0.244 e. The van der Waals surface area contributed by atoms with E-state index < -0.39 is 0 Å². The summed E-state index contributed by atoms with van der Waals surface area (Å²) in [5, 5.41) is 7.58. The average Bonchev–Trinajstić information content (AvgIpc) is 2.68. The number of hydrogen-bond acceptors (Lipinski definition) is 3. The molecule has 74 valence electrons. The third kappa shape index (κ3) is 0.980. The van der Waals surface area contributed by atoms with Crippen LogP contribution in [-0.4, -0.2) is 23.4 Å². The second-order valence-corrected chi connectivity index (χ2v) is 4.88. The Kier molecular flexibility index (Phi) is 1.56. The summed E-state index contributed by atoms with van der Waals surface area (Å²) in [7, 11) is 1.88. The van der Waals surface area contributed by atoms with Crippen LogP contribution in [0.2, 0.25) is 0 Å². The van der Waals surface area contributed by atoms with Gasteiger partial charge in [0.25, 0.3) is 0 Å². The van der Waals surface area contributed by atoms with E-state index >= 15 is 0 Å². The van der Waals surface area contributed by atoms with Crippen molar-refractivity contribution in [1.29, 1.82) is 0 Å². The highest BCUT2D eigenvalue weighted by Crippen LogP contribution is 2.45. The number of rotatable bonds is 1. The van der Waals surface area contributed by atoms with Crippen LogP contribution in [0.25, 0.3) is 0 Å². The van der Waals surface area contributed by atoms with Crippen molar-refractivity contribution in [2.24, 2.45) is 0 Å². The molecule has 1 amide bonds. The number of thiophene rings is 1. The summed E-state index contributed by atoms with van der Waals surface area (Å²) in [5.41, 5.74) is 1.01. The third-order valence-corrected chi connectivity index (χ3v) is 3.84. The van der Waals surface area contributed by atoms with Crippen LogP contribution in [0.15, 0.2) is 16.8 Å². The van der Waals surface area contributed by atoms with E-state index in [1.165, 1.54) is 5.56 Å². The van der Waals surface area contributed by atoms with Crippen molar-refractivity contribution in [1.82, 2.24) is 10.2 Å². The summed E-state index contributed by atoms with van der Waals surface area (Å²) in [6.07, 6.45) is 2.09. The summed E-state index contributed by atoms with van der Waals surface area (Å²) < 4.78 is 0. The summed E-state index contributed by atoms with van der Waals surface area (Å²) in [5.74, 6) is 0.258. The van der Waals surface area contributed by atoms with Crippen LogP contribution >= 0.6 is 11.3 Å². The topological polar surface area (TPSA) is 32.3 Å². The Hall–Kier alpha value is -0.870. The normalized spacial score (nSPS) is 28.8. The molecule has 1 aromatic heterocycles. The lowest BCUT2D eigenvalue weighted by Gasteiger charge is -2.17. The molecule has 1 spiro atoms. The highest BCUT2D eigenvalue weighted by atomic mass is 32.1. The molecule has 1 aliphatic heterocycles. The monoisotopic (exact) mass is 208 g/mol. The highest BCUT2D eigenvalue weighted by Gasteiger charge is 2.58. The van der Waals surface area contributed by atoms with Gasteiger partial charge in [-0.3, -0.25) is 10.1 Å². The molecule has 3 rings (SSSR count). The van der Waals surface area contributed by atoms with Gasteiger partial charge < -0.3 is 4.90 Å². The van der Waals surface area contributed by atoms with Gasteiger partial charge in [0.1, 0.15) is 11.7 Å². The predicted molar refractivity (Wildman–Crippen MR) is 54.9 cm³/mol. The minimum atomic E-state index is -0.193. The Bertz CT molecular complexity index is 369. The molecule has 1 N–H and O–H groups in total. The molecule has 1 saturated heterocycles.